The molecule has 1 aliphatic rings. The third-order valence-electron chi connectivity index (χ3n) is 5.87. The number of nitriles is 1. The van der Waals surface area contributed by atoms with Crippen LogP contribution in [0.2, 0.25) is 0 Å². The van der Waals surface area contributed by atoms with Crippen LogP contribution in [-0.4, -0.2) is 38.6 Å². The number of nitrogens with two attached hydrogens (primary N) is 1. The smallest absolute Gasteiger partial charge is 0.178 e. The highest BCUT2D eigenvalue weighted by Gasteiger charge is 2.33. The lowest BCUT2D eigenvalue weighted by atomic mass is 9.99. The number of benzene rings is 1. The van der Waals surface area contributed by atoms with Gasteiger partial charge in [-0.3, -0.25) is 4.98 Å². The zero-order valence-electron chi connectivity index (χ0n) is 17.9. The van der Waals surface area contributed by atoms with Gasteiger partial charge in [0.1, 0.15) is 17.7 Å². The van der Waals surface area contributed by atoms with Gasteiger partial charge < -0.3 is 15.6 Å². The summed E-state index contributed by atoms with van der Waals surface area (Å²) in [6.07, 6.45) is 6.13. The fraction of sp³-hybridized carbons (Fsp3) is 0.250. The SMILES string of the molecule is Cc1cnc2nc(-c3cncc(-c4ccc(F)c(C#N)c4)c3N3CC[C@](C)(N)C3)[nH]c2c1. The van der Waals surface area contributed by atoms with Crippen LogP contribution in [0.25, 0.3) is 33.7 Å². The Kier molecular flexibility index (Phi) is 4.64. The highest BCUT2D eigenvalue weighted by atomic mass is 19.1. The molecule has 3 aromatic heterocycles. The van der Waals surface area contributed by atoms with E-state index in [2.05, 4.69) is 19.9 Å². The normalized spacial score (nSPS) is 18.3. The molecule has 5 rings (SSSR count). The zero-order valence-corrected chi connectivity index (χ0v) is 17.9. The number of hydrogen-bond donors (Lipinski definition) is 2. The average Bonchev–Trinajstić information content (AvgIpc) is 3.35. The first-order chi connectivity index (χ1) is 15.3. The molecule has 1 atom stereocenters. The lowest BCUT2D eigenvalue weighted by Gasteiger charge is -2.26. The van der Waals surface area contributed by atoms with Crippen LogP contribution < -0.4 is 10.6 Å². The molecule has 4 heterocycles. The van der Waals surface area contributed by atoms with Crippen LogP contribution >= 0.6 is 0 Å². The summed E-state index contributed by atoms with van der Waals surface area (Å²) >= 11 is 0. The van der Waals surface area contributed by atoms with Crippen LogP contribution in [0.4, 0.5) is 10.1 Å². The number of aromatic amines is 1. The van der Waals surface area contributed by atoms with E-state index in [4.69, 9.17) is 10.7 Å². The van der Waals surface area contributed by atoms with E-state index in [-0.39, 0.29) is 11.1 Å². The van der Waals surface area contributed by atoms with Crippen molar-refractivity contribution in [3.63, 3.8) is 0 Å². The summed E-state index contributed by atoms with van der Waals surface area (Å²) in [5.74, 6) is 0.104. The van der Waals surface area contributed by atoms with Gasteiger partial charge in [-0.15, -0.1) is 0 Å². The van der Waals surface area contributed by atoms with E-state index in [9.17, 15) is 9.65 Å². The second-order valence-corrected chi connectivity index (χ2v) is 8.68. The molecule has 1 aromatic carbocycles. The molecule has 1 aliphatic heterocycles. The number of halogens is 1. The van der Waals surface area contributed by atoms with Crippen LogP contribution in [0.1, 0.15) is 24.5 Å². The van der Waals surface area contributed by atoms with E-state index in [0.717, 1.165) is 40.9 Å². The lowest BCUT2D eigenvalue weighted by molar-refractivity contribution is 0.525. The number of anilines is 1. The Morgan fingerprint density at radius 2 is 2.03 bits per heavy atom. The van der Waals surface area contributed by atoms with Gasteiger partial charge in [0.25, 0.3) is 0 Å². The largest absolute Gasteiger partial charge is 0.368 e. The molecule has 1 saturated heterocycles. The van der Waals surface area contributed by atoms with Crippen molar-refractivity contribution in [1.29, 1.82) is 5.26 Å². The minimum absolute atomic E-state index is 0.00708. The van der Waals surface area contributed by atoms with Crippen molar-refractivity contribution in [2.45, 2.75) is 25.8 Å². The maximum absolute atomic E-state index is 14.0. The minimum Gasteiger partial charge on any atom is -0.368 e. The molecular weight excluding hydrogens is 405 g/mol. The number of imidazole rings is 1. The topological polar surface area (TPSA) is 108 Å². The number of pyridine rings is 2. The number of nitrogens with one attached hydrogen (secondary N) is 1. The fourth-order valence-corrected chi connectivity index (χ4v) is 4.26. The summed E-state index contributed by atoms with van der Waals surface area (Å²) in [6.45, 7) is 5.43. The molecule has 160 valence electrons. The van der Waals surface area contributed by atoms with Gasteiger partial charge in [-0.1, -0.05) is 6.07 Å². The molecule has 1 fully saturated rings. The van der Waals surface area contributed by atoms with Crippen molar-refractivity contribution >= 4 is 16.9 Å². The summed E-state index contributed by atoms with van der Waals surface area (Å²) in [6, 6.07) is 8.46. The molecular formula is C24H22FN7. The van der Waals surface area contributed by atoms with Crippen LogP contribution in [0.3, 0.4) is 0 Å². The van der Waals surface area contributed by atoms with Crippen LogP contribution in [0.5, 0.6) is 0 Å². The predicted molar refractivity (Wildman–Crippen MR) is 121 cm³/mol. The number of nitrogens with zero attached hydrogens (tertiary/aromatic N) is 5. The minimum atomic E-state index is -0.545. The Morgan fingerprint density at radius 3 is 2.78 bits per heavy atom. The summed E-state index contributed by atoms with van der Waals surface area (Å²) in [7, 11) is 0. The Hall–Kier alpha value is -3.83. The monoisotopic (exact) mass is 427 g/mol. The van der Waals surface area contributed by atoms with Crippen molar-refractivity contribution in [3.8, 4) is 28.6 Å². The van der Waals surface area contributed by atoms with Gasteiger partial charge in [0, 0.05) is 42.8 Å². The molecule has 0 bridgehead atoms. The van der Waals surface area contributed by atoms with E-state index in [1.54, 1.807) is 30.7 Å². The van der Waals surface area contributed by atoms with Crippen molar-refractivity contribution < 1.29 is 4.39 Å². The van der Waals surface area contributed by atoms with Crippen molar-refractivity contribution in [3.05, 3.63) is 59.8 Å². The van der Waals surface area contributed by atoms with Crippen LogP contribution in [0.15, 0.2) is 42.9 Å². The first-order valence-electron chi connectivity index (χ1n) is 10.4. The van der Waals surface area contributed by atoms with E-state index < -0.39 is 5.82 Å². The number of H-pyrrole nitrogens is 1. The average molecular weight is 427 g/mol. The van der Waals surface area contributed by atoms with Gasteiger partial charge >= 0.3 is 0 Å². The lowest BCUT2D eigenvalue weighted by Crippen LogP contribution is -2.39. The van der Waals surface area contributed by atoms with Crippen molar-refractivity contribution in [1.82, 2.24) is 19.9 Å². The number of aryl methyl sites for hydroxylation is 1. The van der Waals surface area contributed by atoms with Crippen molar-refractivity contribution in [2.75, 3.05) is 18.0 Å². The van der Waals surface area contributed by atoms with Gasteiger partial charge in [-0.2, -0.15) is 5.26 Å². The Bertz CT molecular complexity index is 1380. The first-order valence-corrected chi connectivity index (χ1v) is 10.4. The Balaban J connectivity index is 1.73. The molecule has 0 unspecified atom stereocenters. The standard InChI is InChI=1S/C24H22FN7/c1-14-7-20-23(29-10-14)31-22(30-20)18-12-28-11-17(15-3-4-19(25)16(8-15)9-26)21(18)32-6-5-24(2,27)13-32/h3-4,7-8,10-12H,5-6,13,27H2,1-2H3,(H,29,30,31)/t24-/m0/s1. The van der Waals surface area contributed by atoms with Gasteiger partial charge in [0.2, 0.25) is 0 Å². The molecule has 0 saturated carbocycles. The number of rotatable bonds is 3. The molecule has 0 aliphatic carbocycles. The molecule has 8 heteroatoms. The molecule has 7 nitrogen and oxygen atoms in total. The highest BCUT2D eigenvalue weighted by molar-refractivity contribution is 5.91. The summed E-state index contributed by atoms with van der Waals surface area (Å²) in [5.41, 5.74) is 11.8. The molecule has 0 radical (unpaired) electrons. The first kappa shape index (κ1) is 20.1. The number of hydrogen-bond acceptors (Lipinski definition) is 6. The number of aromatic nitrogens is 4. The quantitative estimate of drug-likeness (QED) is 0.513. The van der Waals surface area contributed by atoms with E-state index in [0.29, 0.717) is 23.6 Å². The van der Waals surface area contributed by atoms with Crippen LogP contribution in [-0.2, 0) is 0 Å². The Labute approximate surface area is 184 Å². The van der Waals surface area contributed by atoms with E-state index >= 15 is 0 Å². The fourth-order valence-electron chi connectivity index (χ4n) is 4.26. The maximum atomic E-state index is 14.0. The van der Waals surface area contributed by atoms with Gasteiger partial charge in [0.05, 0.1) is 22.3 Å². The molecule has 3 N–H and O–H groups in total. The third-order valence-corrected chi connectivity index (χ3v) is 5.87. The van der Waals surface area contributed by atoms with Crippen LogP contribution in [0, 0.1) is 24.1 Å². The summed E-state index contributed by atoms with van der Waals surface area (Å²) < 4.78 is 14.0. The highest BCUT2D eigenvalue weighted by Crippen LogP contribution is 2.41. The summed E-state index contributed by atoms with van der Waals surface area (Å²) in [4.78, 5) is 19.2. The summed E-state index contributed by atoms with van der Waals surface area (Å²) in [5, 5.41) is 9.32. The van der Waals surface area contributed by atoms with E-state index in [1.165, 1.54) is 6.07 Å². The van der Waals surface area contributed by atoms with Gasteiger partial charge in [0.15, 0.2) is 5.65 Å². The molecule has 4 aromatic rings. The predicted octanol–water partition coefficient (Wildman–Crippen LogP) is 3.93. The van der Waals surface area contributed by atoms with Crippen molar-refractivity contribution in [2.24, 2.45) is 5.73 Å². The Morgan fingerprint density at radius 1 is 1.22 bits per heavy atom. The molecule has 0 amide bonds. The van der Waals surface area contributed by atoms with E-state index in [1.807, 2.05) is 26.0 Å². The number of fused-ring (bicyclic) bond motifs is 1. The van der Waals surface area contributed by atoms with Gasteiger partial charge in [-0.05, 0) is 49.6 Å². The zero-order chi connectivity index (χ0) is 22.5. The molecule has 32 heavy (non-hydrogen) atoms. The maximum Gasteiger partial charge on any atom is 0.178 e. The van der Waals surface area contributed by atoms with Gasteiger partial charge in [-0.25, -0.2) is 14.4 Å². The third kappa shape index (κ3) is 3.47. The second-order valence-electron chi connectivity index (χ2n) is 8.68. The molecule has 0 spiro atoms. The second kappa shape index (κ2) is 7.39.